The predicted molar refractivity (Wildman–Crippen MR) is 118 cm³/mol. The molecule has 0 saturated heterocycles. The van der Waals surface area contributed by atoms with Crippen LogP contribution in [0.4, 0.5) is 0 Å². The van der Waals surface area contributed by atoms with Gasteiger partial charge in [-0.05, 0) is 57.7 Å². The Morgan fingerprint density at radius 2 is 1.28 bits per heavy atom. The van der Waals surface area contributed by atoms with Gasteiger partial charge in [0.15, 0.2) is 6.29 Å². The van der Waals surface area contributed by atoms with Gasteiger partial charge in [0.05, 0.1) is 26.4 Å². The molecule has 0 N–H and O–H groups in total. The molecule has 0 aliphatic carbocycles. The molecule has 0 aliphatic heterocycles. The van der Waals surface area contributed by atoms with E-state index in [2.05, 4.69) is 13.8 Å². The molecule has 8 heteroatoms. The first-order valence-electron chi connectivity index (χ1n) is 11.2. The van der Waals surface area contributed by atoms with Crippen LogP contribution in [0.2, 0.25) is 0 Å². The Labute approximate surface area is 190 Å². The van der Waals surface area contributed by atoms with Crippen molar-refractivity contribution in [3.63, 3.8) is 0 Å². The lowest BCUT2D eigenvalue weighted by Crippen LogP contribution is -2.50. The highest BCUT2D eigenvalue weighted by atomic mass is 16.7. The Bertz CT molecular complexity index is 682. The highest BCUT2D eigenvalue weighted by Gasteiger charge is 2.57. The molecular formula is C24H36O8. The summed E-state index contributed by atoms with van der Waals surface area (Å²) in [6, 6.07) is 7.73. The third kappa shape index (κ3) is 7.22. The molecule has 0 fully saturated rings. The van der Waals surface area contributed by atoms with Gasteiger partial charge >= 0.3 is 17.9 Å². The maximum atomic E-state index is 12.7. The van der Waals surface area contributed by atoms with Crippen LogP contribution >= 0.6 is 0 Å². The van der Waals surface area contributed by atoms with Gasteiger partial charge in [0, 0.05) is 6.42 Å². The highest BCUT2D eigenvalue weighted by Crippen LogP contribution is 2.29. The fraction of sp³-hybridized carbons (Fsp3) is 0.625. The Kier molecular flexibility index (Phi) is 11.8. The summed E-state index contributed by atoms with van der Waals surface area (Å²) in [6.07, 6.45) is 0.0567. The standard InChI is InChI=1S/C24H36O8/c1-7-17(5)19-11-13-20(14-12-19)32-18(6)31-16-15-24(21(25)28-8-2,22(26)29-9-3)23(27)30-10-4/h11-14,17-18H,7-10,15-16H2,1-6H3. The second-order valence-corrected chi connectivity index (χ2v) is 7.25. The zero-order valence-corrected chi connectivity index (χ0v) is 20.0. The van der Waals surface area contributed by atoms with Crippen LogP contribution in [0, 0.1) is 5.41 Å². The van der Waals surface area contributed by atoms with E-state index in [0.29, 0.717) is 11.7 Å². The third-order valence-electron chi connectivity index (χ3n) is 5.06. The van der Waals surface area contributed by atoms with Gasteiger partial charge in [0.25, 0.3) is 5.41 Å². The second kappa shape index (κ2) is 13.7. The number of hydrogen-bond acceptors (Lipinski definition) is 8. The van der Waals surface area contributed by atoms with Gasteiger partial charge in [-0.2, -0.15) is 0 Å². The summed E-state index contributed by atoms with van der Waals surface area (Å²) in [4.78, 5) is 38.0. The fourth-order valence-electron chi connectivity index (χ4n) is 3.03. The molecule has 0 spiro atoms. The van der Waals surface area contributed by atoms with Gasteiger partial charge in [0.1, 0.15) is 5.75 Å². The van der Waals surface area contributed by atoms with Gasteiger partial charge in [0.2, 0.25) is 0 Å². The predicted octanol–water partition coefficient (Wildman–Crippen LogP) is 4.01. The van der Waals surface area contributed by atoms with Crippen LogP contribution in [0.3, 0.4) is 0 Å². The SMILES string of the molecule is CCOC(=O)C(CCOC(C)Oc1ccc(C(C)CC)cc1)(C(=O)OCC)C(=O)OCC. The first-order valence-corrected chi connectivity index (χ1v) is 11.2. The molecule has 2 atom stereocenters. The Morgan fingerprint density at radius 3 is 1.69 bits per heavy atom. The number of benzene rings is 1. The summed E-state index contributed by atoms with van der Waals surface area (Å²) in [5.74, 6) is -1.98. The number of carbonyl (C=O) groups is 3. The van der Waals surface area contributed by atoms with Crippen molar-refractivity contribution in [3.8, 4) is 5.75 Å². The van der Waals surface area contributed by atoms with Gasteiger partial charge in [-0.1, -0.05) is 26.0 Å². The Hall–Kier alpha value is -2.61. The first-order chi connectivity index (χ1) is 15.3. The van der Waals surface area contributed by atoms with Crippen molar-refractivity contribution in [2.75, 3.05) is 26.4 Å². The largest absolute Gasteiger partial charge is 0.465 e. The third-order valence-corrected chi connectivity index (χ3v) is 5.06. The van der Waals surface area contributed by atoms with Crippen molar-refractivity contribution < 1.29 is 38.1 Å². The van der Waals surface area contributed by atoms with Gasteiger partial charge in [-0.25, -0.2) is 0 Å². The summed E-state index contributed by atoms with van der Waals surface area (Å²) in [5.41, 5.74) is -1.03. The smallest absolute Gasteiger partial charge is 0.335 e. The Balaban J connectivity index is 2.88. The molecule has 0 saturated carbocycles. The highest BCUT2D eigenvalue weighted by molar-refractivity contribution is 6.17. The lowest BCUT2D eigenvalue weighted by molar-refractivity contribution is -0.186. The first kappa shape index (κ1) is 27.4. The van der Waals surface area contributed by atoms with E-state index in [4.69, 9.17) is 23.7 Å². The summed E-state index contributed by atoms with van der Waals surface area (Å²) < 4.78 is 26.4. The van der Waals surface area contributed by atoms with Crippen LogP contribution in [0.1, 0.15) is 65.9 Å². The molecule has 0 aromatic heterocycles. The van der Waals surface area contributed by atoms with Crippen molar-refractivity contribution in [1.29, 1.82) is 0 Å². The molecule has 180 valence electrons. The molecule has 0 bridgehead atoms. The monoisotopic (exact) mass is 452 g/mol. The maximum absolute atomic E-state index is 12.7. The zero-order valence-electron chi connectivity index (χ0n) is 20.0. The van der Waals surface area contributed by atoms with Gasteiger partial charge in [-0.3, -0.25) is 14.4 Å². The van der Waals surface area contributed by atoms with Crippen molar-refractivity contribution in [3.05, 3.63) is 29.8 Å². The van der Waals surface area contributed by atoms with Gasteiger partial charge < -0.3 is 23.7 Å². The Morgan fingerprint density at radius 1 is 0.812 bits per heavy atom. The number of carbonyl (C=O) groups excluding carboxylic acids is 3. The number of hydrogen-bond donors (Lipinski definition) is 0. The molecule has 2 unspecified atom stereocenters. The summed E-state index contributed by atoms with van der Waals surface area (Å²) in [7, 11) is 0. The lowest BCUT2D eigenvalue weighted by atomic mass is 9.84. The molecule has 0 heterocycles. The van der Waals surface area contributed by atoms with E-state index in [0.717, 1.165) is 6.42 Å². The minimum atomic E-state index is -2.25. The average molecular weight is 453 g/mol. The molecule has 8 nitrogen and oxygen atoms in total. The van der Waals surface area contributed by atoms with Crippen molar-refractivity contribution >= 4 is 17.9 Å². The van der Waals surface area contributed by atoms with Crippen LogP contribution in [0.25, 0.3) is 0 Å². The maximum Gasteiger partial charge on any atom is 0.335 e. The topological polar surface area (TPSA) is 97.4 Å². The van der Waals surface area contributed by atoms with Crippen molar-refractivity contribution in [1.82, 2.24) is 0 Å². The van der Waals surface area contributed by atoms with Crippen LogP contribution in [0.5, 0.6) is 5.75 Å². The van der Waals surface area contributed by atoms with Crippen LogP contribution in [-0.2, 0) is 33.3 Å². The van der Waals surface area contributed by atoms with Gasteiger partial charge in [-0.15, -0.1) is 0 Å². The van der Waals surface area contributed by atoms with E-state index in [-0.39, 0.29) is 32.8 Å². The minimum Gasteiger partial charge on any atom is -0.465 e. The van der Waals surface area contributed by atoms with E-state index in [1.807, 2.05) is 24.3 Å². The van der Waals surface area contributed by atoms with E-state index in [1.54, 1.807) is 27.7 Å². The fourth-order valence-corrected chi connectivity index (χ4v) is 3.03. The van der Waals surface area contributed by atoms with Crippen LogP contribution in [0.15, 0.2) is 24.3 Å². The summed E-state index contributed by atoms with van der Waals surface area (Å²) in [5, 5.41) is 0. The van der Waals surface area contributed by atoms with E-state index >= 15 is 0 Å². The van der Waals surface area contributed by atoms with E-state index < -0.39 is 29.6 Å². The van der Waals surface area contributed by atoms with Crippen molar-refractivity contribution in [2.45, 2.75) is 66.6 Å². The normalized spacial score (nSPS) is 13.1. The molecule has 32 heavy (non-hydrogen) atoms. The summed E-state index contributed by atoms with van der Waals surface area (Å²) in [6.45, 7) is 10.6. The van der Waals surface area contributed by atoms with Crippen LogP contribution in [-0.4, -0.2) is 50.6 Å². The molecule has 1 rings (SSSR count). The number of ether oxygens (including phenoxy) is 5. The van der Waals surface area contributed by atoms with E-state index in [1.165, 1.54) is 5.56 Å². The summed E-state index contributed by atoms with van der Waals surface area (Å²) >= 11 is 0. The molecule has 0 aliphatic rings. The quantitative estimate of drug-likeness (QED) is 0.181. The molecule has 1 aromatic carbocycles. The lowest BCUT2D eigenvalue weighted by Gasteiger charge is -2.27. The molecular weight excluding hydrogens is 416 g/mol. The average Bonchev–Trinajstić information content (AvgIpc) is 2.77. The van der Waals surface area contributed by atoms with Crippen LogP contribution < -0.4 is 4.74 Å². The second-order valence-electron chi connectivity index (χ2n) is 7.25. The molecule has 0 amide bonds. The number of esters is 3. The van der Waals surface area contributed by atoms with E-state index in [9.17, 15) is 14.4 Å². The van der Waals surface area contributed by atoms with Crippen molar-refractivity contribution in [2.24, 2.45) is 5.41 Å². The molecule has 1 aromatic rings. The molecule has 0 radical (unpaired) electrons. The minimum absolute atomic E-state index is 0.00753. The number of rotatable bonds is 14. The zero-order chi connectivity index (χ0) is 24.1.